The quantitative estimate of drug-likeness (QED) is 0.896. The third-order valence-electron chi connectivity index (χ3n) is 4.43. The zero-order valence-corrected chi connectivity index (χ0v) is 14.7. The van der Waals surface area contributed by atoms with Crippen LogP contribution in [0.1, 0.15) is 31.4 Å². The largest absolute Gasteiger partial charge is 0.497 e. The maximum Gasteiger partial charge on any atom is 0.228 e. The molecule has 2 aromatic rings. The second-order valence-corrected chi connectivity index (χ2v) is 6.94. The van der Waals surface area contributed by atoms with Crippen LogP contribution in [-0.2, 0) is 21.4 Å². The highest BCUT2D eigenvalue weighted by Crippen LogP contribution is 2.38. The minimum atomic E-state index is -0.256. The number of nitrogens with one attached hydrogen (secondary N) is 2. The molecule has 0 saturated heterocycles. The van der Waals surface area contributed by atoms with E-state index in [0.717, 1.165) is 28.3 Å². The maximum absolute atomic E-state index is 12.3. The fourth-order valence-corrected chi connectivity index (χ4v) is 3.12. The van der Waals surface area contributed by atoms with Gasteiger partial charge in [0.15, 0.2) is 0 Å². The van der Waals surface area contributed by atoms with E-state index < -0.39 is 0 Å². The highest BCUT2D eigenvalue weighted by Gasteiger charge is 2.32. The van der Waals surface area contributed by atoms with Crippen LogP contribution in [0.2, 0.25) is 0 Å². The molecule has 0 spiro atoms. The smallest absolute Gasteiger partial charge is 0.228 e. The van der Waals surface area contributed by atoms with Crippen LogP contribution >= 0.6 is 0 Å². The summed E-state index contributed by atoms with van der Waals surface area (Å²) in [6.45, 7) is 4.07. The van der Waals surface area contributed by atoms with Gasteiger partial charge < -0.3 is 15.4 Å². The number of hydrogen-bond acceptors (Lipinski definition) is 3. The van der Waals surface area contributed by atoms with Crippen molar-refractivity contribution in [1.29, 1.82) is 0 Å². The number of hydrogen-bond donors (Lipinski definition) is 2. The fraction of sp³-hybridized carbons (Fsp3) is 0.300. The summed E-state index contributed by atoms with van der Waals surface area (Å²) in [7, 11) is 1.61. The third-order valence-corrected chi connectivity index (χ3v) is 4.43. The minimum absolute atomic E-state index is 0.0220. The van der Waals surface area contributed by atoms with E-state index in [0.29, 0.717) is 12.8 Å². The van der Waals surface area contributed by atoms with Crippen molar-refractivity contribution >= 4 is 23.2 Å². The van der Waals surface area contributed by atoms with E-state index in [1.807, 2.05) is 56.3 Å². The van der Waals surface area contributed by atoms with E-state index in [1.165, 1.54) is 0 Å². The predicted octanol–water partition coefficient (Wildman–Crippen LogP) is 3.50. The molecule has 1 aliphatic rings. The number of methoxy groups -OCH3 is 1. The Morgan fingerprint density at radius 1 is 1.20 bits per heavy atom. The van der Waals surface area contributed by atoms with Crippen LogP contribution in [-0.4, -0.2) is 18.9 Å². The number of carbonyl (C=O) groups is 2. The SMILES string of the molecule is COc1ccc(CC(=O)Nc2ccc3c(c2)C(C)(C)CC(=O)N3)cc1. The molecule has 1 heterocycles. The zero-order valence-electron chi connectivity index (χ0n) is 14.7. The second kappa shape index (κ2) is 6.59. The van der Waals surface area contributed by atoms with Gasteiger partial charge in [0.1, 0.15) is 5.75 Å². The number of rotatable bonds is 4. The molecule has 0 saturated carbocycles. The van der Waals surface area contributed by atoms with Crippen molar-refractivity contribution in [3.63, 3.8) is 0 Å². The molecule has 2 amide bonds. The molecule has 5 heteroatoms. The van der Waals surface area contributed by atoms with E-state index in [9.17, 15) is 9.59 Å². The Morgan fingerprint density at radius 3 is 2.60 bits per heavy atom. The minimum Gasteiger partial charge on any atom is -0.497 e. The summed E-state index contributed by atoms with van der Waals surface area (Å²) in [5.41, 5.74) is 3.25. The average Bonchev–Trinajstić information content (AvgIpc) is 2.55. The Hall–Kier alpha value is -2.82. The summed E-state index contributed by atoms with van der Waals surface area (Å²) in [6, 6.07) is 13.0. The summed E-state index contributed by atoms with van der Waals surface area (Å²) < 4.78 is 5.12. The fourth-order valence-electron chi connectivity index (χ4n) is 3.12. The molecule has 0 aliphatic carbocycles. The average molecular weight is 338 g/mol. The van der Waals surface area contributed by atoms with Crippen LogP contribution < -0.4 is 15.4 Å². The predicted molar refractivity (Wildman–Crippen MR) is 98.0 cm³/mol. The van der Waals surface area contributed by atoms with Crippen molar-refractivity contribution in [2.45, 2.75) is 32.1 Å². The lowest BCUT2D eigenvalue weighted by Crippen LogP contribution is -2.32. The van der Waals surface area contributed by atoms with Gasteiger partial charge >= 0.3 is 0 Å². The molecule has 25 heavy (non-hydrogen) atoms. The van der Waals surface area contributed by atoms with Crippen molar-refractivity contribution in [3.8, 4) is 5.75 Å². The van der Waals surface area contributed by atoms with Gasteiger partial charge in [-0.15, -0.1) is 0 Å². The van der Waals surface area contributed by atoms with Crippen LogP contribution in [0.25, 0.3) is 0 Å². The number of fused-ring (bicyclic) bond motifs is 1. The van der Waals surface area contributed by atoms with Crippen LogP contribution in [0.5, 0.6) is 5.75 Å². The van der Waals surface area contributed by atoms with Crippen molar-refractivity contribution < 1.29 is 14.3 Å². The number of benzene rings is 2. The van der Waals surface area contributed by atoms with Gasteiger partial charge in [-0.25, -0.2) is 0 Å². The molecule has 1 aliphatic heterocycles. The van der Waals surface area contributed by atoms with Gasteiger partial charge in [0.2, 0.25) is 11.8 Å². The number of anilines is 2. The summed E-state index contributed by atoms with van der Waals surface area (Å²) in [5, 5.41) is 5.82. The van der Waals surface area contributed by atoms with Gasteiger partial charge in [-0.1, -0.05) is 26.0 Å². The van der Waals surface area contributed by atoms with Crippen molar-refractivity contribution in [3.05, 3.63) is 53.6 Å². The van der Waals surface area contributed by atoms with E-state index in [-0.39, 0.29) is 17.2 Å². The van der Waals surface area contributed by atoms with Crippen molar-refractivity contribution in [1.82, 2.24) is 0 Å². The number of amides is 2. The number of ether oxygens (including phenoxy) is 1. The summed E-state index contributed by atoms with van der Waals surface area (Å²) in [5.74, 6) is 0.708. The lowest BCUT2D eigenvalue weighted by atomic mass is 9.78. The summed E-state index contributed by atoms with van der Waals surface area (Å²) >= 11 is 0. The van der Waals surface area contributed by atoms with Gasteiger partial charge in [0.05, 0.1) is 13.5 Å². The molecule has 130 valence electrons. The Kier molecular flexibility index (Phi) is 4.49. The normalized spacial score (nSPS) is 15.1. The molecule has 2 aromatic carbocycles. The molecular weight excluding hydrogens is 316 g/mol. The maximum atomic E-state index is 12.3. The first kappa shape index (κ1) is 17.0. The molecule has 0 radical (unpaired) electrons. The second-order valence-electron chi connectivity index (χ2n) is 6.94. The lowest BCUT2D eigenvalue weighted by Gasteiger charge is -2.32. The van der Waals surface area contributed by atoms with Gasteiger partial charge in [-0.3, -0.25) is 9.59 Å². The van der Waals surface area contributed by atoms with Gasteiger partial charge in [-0.2, -0.15) is 0 Å². The first-order chi connectivity index (χ1) is 11.9. The first-order valence-electron chi connectivity index (χ1n) is 8.24. The molecule has 0 fully saturated rings. The Bertz CT molecular complexity index is 810. The van der Waals surface area contributed by atoms with Crippen LogP contribution in [0.4, 0.5) is 11.4 Å². The van der Waals surface area contributed by atoms with Gasteiger partial charge in [-0.05, 0) is 41.5 Å². The molecule has 0 bridgehead atoms. The topological polar surface area (TPSA) is 67.4 Å². The molecule has 0 atom stereocenters. The van der Waals surface area contributed by atoms with Crippen LogP contribution in [0.3, 0.4) is 0 Å². The molecule has 5 nitrogen and oxygen atoms in total. The lowest BCUT2D eigenvalue weighted by molar-refractivity contribution is -0.117. The molecule has 0 aromatic heterocycles. The van der Waals surface area contributed by atoms with E-state index >= 15 is 0 Å². The summed E-state index contributed by atoms with van der Waals surface area (Å²) in [6.07, 6.45) is 0.727. The molecule has 3 rings (SSSR count). The van der Waals surface area contributed by atoms with Crippen LogP contribution in [0, 0.1) is 0 Å². The van der Waals surface area contributed by atoms with Crippen LogP contribution in [0.15, 0.2) is 42.5 Å². The Morgan fingerprint density at radius 2 is 1.92 bits per heavy atom. The van der Waals surface area contributed by atoms with E-state index in [1.54, 1.807) is 7.11 Å². The van der Waals surface area contributed by atoms with Crippen molar-refractivity contribution in [2.24, 2.45) is 0 Å². The Labute approximate surface area is 147 Å². The van der Waals surface area contributed by atoms with E-state index in [2.05, 4.69) is 10.6 Å². The molecular formula is C20H22N2O3. The number of carbonyl (C=O) groups excluding carboxylic acids is 2. The highest BCUT2D eigenvalue weighted by atomic mass is 16.5. The monoisotopic (exact) mass is 338 g/mol. The summed E-state index contributed by atoms with van der Waals surface area (Å²) in [4.78, 5) is 24.1. The Balaban J connectivity index is 1.72. The van der Waals surface area contributed by atoms with Crippen molar-refractivity contribution in [2.75, 3.05) is 17.7 Å². The van der Waals surface area contributed by atoms with Gasteiger partial charge in [0.25, 0.3) is 0 Å². The molecule has 2 N–H and O–H groups in total. The standard InChI is InChI=1S/C20H22N2O3/c1-20(2)12-19(24)22-17-9-6-14(11-16(17)20)21-18(23)10-13-4-7-15(25-3)8-5-13/h4-9,11H,10,12H2,1-3H3,(H,21,23)(H,22,24). The molecule has 0 unspecified atom stereocenters. The third kappa shape index (κ3) is 3.82. The highest BCUT2D eigenvalue weighted by molar-refractivity contribution is 5.97. The van der Waals surface area contributed by atoms with E-state index in [4.69, 9.17) is 4.74 Å². The first-order valence-corrected chi connectivity index (χ1v) is 8.24. The van der Waals surface area contributed by atoms with Gasteiger partial charge in [0, 0.05) is 23.2 Å². The zero-order chi connectivity index (χ0) is 18.0.